The summed E-state index contributed by atoms with van der Waals surface area (Å²) in [6, 6.07) is 0. The topological polar surface area (TPSA) is 46.6 Å². The van der Waals surface area contributed by atoms with E-state index >= 15 is 0 Å². The fourth-order valence-corrected chi connectivity index (χ4v) is 1.91. The summed E-state index contributed by atoms with van der Waals surface area (Å²) in [5.41, 5.74) is 0. The van der Waals surface area contributed by atoms with E-state index in [-0.39, 0.29) is 11.9 Å². The smallest absolute Gasteiger partial charge is 0.306 e. The number of hydrogen-bond acceptors (Lipinski definition) is 3. The predicted molar refractivity (Wildman–Crippen MR) is 56.2 cm³/mol. The number of nitrogens with zero attached hydrogens (tertiary/aromatic N) is 1. The second kappa shape index (κ2) is 5.73. The minimum atomic E-state index is -0.145. The largest absolute Gasteiger partial charge is 0.466 e. The van der Waals surface area contributed by atoms with Gasteiger partial charge < -0.3 is 9.64 Å². The monoisotopic (exact) mass is 213 g/mol. The van der Waals surface area contributed by atoms with E-state index in [9.17, 15) is 9.59 Å². The highest BCUT2D eigenvalue weighted by molar-refractivity contribution is 5.76. The molecule has 0 saturated carbocycles. The van der Waals surface area contributed by atoms with E-state index < -0.39 is 0 Å². The molecule has 1 aliphatic rings. The quantitative estimate of drug-likeness (QED) is 0.659. The molecule has 0 aliphatic carbocycles. The fraction of sp³-hybridized carbons (Fsp3) is 0.818. The maximum atomic E-state index is 11.4. The molecule has 4 nitrogen and oxygen atoms in total. The highest BCUT2D eigenvalue weighted by Crippen LogP contribution is 2.20. The van der Waals surface area contributed by atoms with Crippen LogP contribution in [0.1, 0.15) is 33.1 Å². The molecule has 1 fully saturated rings. The Kier molecular flexibility index (Phi) is 4.59. The Hall–Kier alpha value is -1.06. The molecule has 1 unspecified atom stereocenters. The lowest BCUT2D eigenvalue weighted by atomic mass is 10.1. The molecule has 0 spiro atoms. The van der Waals surface area contributed by atoms with Crippen LogP contribution in [0.4, 0.5) is 0 Å². The van der Waals surface area contributed by atoms with Gasteiger partial charge in [-0.3, -0.25) is 9.59 Å². The lowest BCUT2D eigenvalue weighted by Gasteiger charge is -2.15. The van der Waals surface area contributed by atoms with E-state index in [1.165, 1.54) is 0 Å². The molecule has 1 atom stereocenters. The van der Waals surface area contributed by atoms with Crippen molar-refractivity contribution in [3.8, 4) is 0 Å². The van der Waals surface area contributed by atoms with Crippen molar-refractivity contribution >= 4 is 11.9 Å². The maximum absolute atomic E-state index is 11.4. The number of hydrogen-bond donors (Lipinski definition) is 0. The molecule has 86 valence electrons. The van der Waals surface area contributed by atoms with Gasteiger partial charge in [-0.25, -0.2) is 0 Å². The molecule has 0 aromatic heterocycles. The van der Waals surface area contributed by atoms with Gasteiger partial charge in [0.15, 0.2) is 0 Å². The third kappa shape index (κ3) is 3.53. The molecule has 0 bridgehead atoms. The van der Waals surface area contributed by atoms with Crippen molar-refractivity contribution in [1.82, 2.24) is 4.90 Å². The Balaban J connectivity index is 2.30. The Morgan fingerprint density at radius 1 is 1.40 bits per heavy atom. The predicted octanol–water partition coefficient (Wildman–Crippen LogP) is 1.20. The normalized spacial score (nSPS) is 20.4. The van der Waals surface area contributed by atoms with Gasteiger partial charge in [0.25, 0.3) is 0 Å². The summed E-state index contributed by atoms with van der Waals surface area (Å²) >= 11 is 0. The number of esters is 1. The van der Waals surface area contributed by atoms with Crippen LogP contribution < -0.4 is 0 Å². The summed E-state index contributed by atoms with van der Waals surface area (Å²) in [5, 5.41) is 0. The maximum Gasteiger partial charge on any atom is 0.306 e. The summed E-state index contributed by atoms with van der Waals surface area (Å²) in [4.78, 5) is 24.4. The molecule has 15 heavy (non-hydrogen) atoms. The Morgan fingerprint density at radius 2 is 2.13 bits per heavy atom. The lowest BCUT2D eigenvalue weighted by molar-refractivity contribution is -0.144. The van der Waals surface area contributed by atoms with Gasteiger partial charge in [0.05, 0.1) is 13.0 Å². The van der Waals surface area contributed by atoms with Crippen LogP contribution in [-0.4, -0.2) is 36.5 Å². The molecule has 1 heterocycles. The standard InChI is InChI=1S/C11H19NO3/c1-3-10(13)12-6-5-9(8-12)7-11(14)15-4-2/h9H,3-8H2,1-2H3. The van der Waals surface area contributed by atoms with Gasteiger partial charge in [0.2, 0.25) is 5.91 Å². The van der Waals surface area contributed by atoms with Crippen molar-refractivity contribution < 1.29 is 14.3 Å². The summed E-state index contributed by atoms with van der Waals surface area (Å²) in [6.07, 6.45) is 1.91. The van der Waals surface area contributed by atoms with Crippen LogP contribution in [0.25, 0.3) is 0 Å². The van der Waals surface area contributed by atoms with Crippen LogP contribution >= 0.6 is 0 Å². The van der Waals surface area contributed by atoms with E-state index in [0.29, 0.717) is 31.9 Å². The molecule has 1 aliphatic heterocycles. The van der Waals surface area contributed by atoms with Gasteiger partial charge in [0.1, 0.15) is 0 Å². The van der Waals surface area contributed by atoms with Crippen molar-refractivity contribution in [2.75, 3.05) is 19.7 Å². The zero-order chi connectivity index (χ0) is 11.3. The number of ether oxygens (including phenoxy) is 1. The van der Waals surface area contributed by atoms with Crippen LogP contribution in [-0.2, 0) is 14.3 Å². The van der Waals surface area contributed by atoms with Crippen molar-refractivity contribution in [2.45, 2.75) is 33.1 Å². The van der Waals surface area contributed by atoms with Crippen molar-refractivity contribution in [2.24, 2.45) is 5.92 Å². The van der Waals surface area contributed by atoms with Crippen LogP contribution in [0, 0.1) is 5.92 Å². The molecular weight excluding hydrogens is 194 g/mol. The van der Waals surface area contributed by atoms with Gasteiger partial charge in [0, 0.05) is 19.5 Å². The first-order chi connectivity index (χ1) is 7.17. The zero-order valence-corrected chi connectivity index (χ0v) is 9.49. The second-order valence-electron chi connectivity index (χ2n) is 3.86. The van der Waals surface area contributed by atoms with Gasteiger partial charge in [-0.05, 0) is 19.3 Å². The van der Waals surface area contributed by atoms with E-state index in [2.05, 4.69) is 0 Å². The fourth-order valence-electron chi connectivity index (χ4n) is 1.91. The molecule has 0 radical (unpaired) electrons. The first kappa shape index (κ1) is 12.0. The van der Waals surface area contributed by atoms with Crippen molar-refractivity contribution in [3.63, 3.8) is 0 Å². The highest BCUT2D eigenvalue weighted by atomic mass is 16.5. The minimum absolute atomic E-state index is 0.145. The van der Waals surface area contributed by atoms with Gasteiger partial charge in [-0.1, -0.05) is 6.92 Å². The molecule has 0 aromatic carbocycles. The number of amides is 1. The van der Waals surface area contributed by atoms with E-state index in [0.717, 1.165) is 13.0 Å². The molecule has 1 saturated heterocycles. The van der Waals surface area contributed by atoms with Crippen LogP contribution in [0.3, 0.4) is 0 Å². The first-order valence-corrected chi connectivity index (χ1v) is 5.60. The average molecular weight is 213 g/mol. The van der Waals surface area contributed by atoms with Crippen molar-refractivity contribution in [1.29, 1.82) is 0 Å². The molecule has 1 rings (SSSR count). The number of rotatable bonds is 4. The average Bonchev–Trinajstić information content (AvgIpc) is 2.65. The first-order valence-electron chi connectivity index (χ1n) is 5.60. The van der Waals surface area contributed by atoms with Crippen LogP contribution in [0.2, 0.25) is 0 Å². The molecule has 0 aromatic rings. The van der Waals surface area contributed by atoms with E-state index in [4.69, 9.17) is 4.74 Å². The van der Waals surface area contributed by atoms with Gasteiger partial charge >= 0.3 is 5.97 Å². The van der Waals surface area contributed by atoms with Gasteiger partial charge in [-0.15, -0.1) is 0 Å². The summed E-state index contributed by atoms with van der Waals surface area (Å²) < 4.78 is 4.88. The lowest BCUT2D eigenvalue weighted by Crippen LogP contribution is -2.28. The second-order valence-corrected chi connectivity index (χ2v) is 3.86. The van der Waals surface area contributed by atoms with Gasteiger partial charge in [-0.2, -0.15) is 0 Å². The number of carbonyl (C=O) groups excluding carboxylic acids is 2. The van der Waals surface area contributed by atoms with E-state index in [1.54, 1.807) is 6.92 Å². The molecular formula is C11H19NO3. The molecule has 1 amide bonds. The Morgan fingerprint density at radius 3 is 2.73 bits per heavy atom. The van der Waals surface area contributed by atoms with E-state index in [1.807, 2.05) is 11.8 Å². The number of likely N-dealkylation sites (tertiary alicyclic amines) is 1. The van der Waals surface area contributed by atoms with Crippen molar-refractivity contribution in [3.05, 3.63) is 0 Å². The molecule has 0 N–H and O–H groups in total. The third-order valence-corrected chi connectivity index (χ3v) is 2.70. The third-order valence-electron chi connectivity index (χ3n) is 2.70. The highest BCUT2D eigenvalue weighted by Gasteiger charge is 2.27. The summed E-state index contributed by atoms with van der Waals surface area (Å²) in [5.74, 6) is 0.328. The zero-order valence-electron chi connectivity index (χ0n) is 9.49. The summed E-state index contributed by atoms with van der Waals surface area (Å²) in [7, 11) is 0. The molecule has 4 heteroatoms. The minimum Gasteiger partial charge on any atom is -0.466 e. The number of carbonyl (C=O) groups is 2. The Labute approximate surface area is 90.6 Å². The Bertz CT molecular complexity index is 240. The van der Waals surface area contributed by atoms with Crippen LogP contribution in [0.15, 0.2) is 0 Å². The summed E-state index contributed by atoms with van der Waals surface area (Å²) in [6.45, 7) is 5.60. The SMILES string of the molecule is CCOC(=O)CC1CCN(C(=O)CC)C1. The van der Waals surface area contributed by atoms with Crippen LogP contribution in [0.5, 0.6) is 0 Å².